The van der Waals surface area contributed by atoms with Gasteiger partial charge in [-0.3, -0.25) is 0 Å². The van der Waals surface area contributed by atoms with Crippen molar-refractivity contribution >= 4 is 15.5 Å². The molecule has 1 N–H and O–H groups in total. The summed E-state index contributed by atoms with van der Waals surface area (Å²) in [7, 11) is -5.29. The standard InChI is InChI=1S/C12H10F3NO3S/c13-12(14,15)20(17,18)11-3-1-10(2-4-11)16-7-9-5-6-19-8-9/h1-6,8,16H,7H2. The number of nitrogens with one attached hydrogen (secondary N) is 1. The Morgan fingerprint density at radius 2 is 1.75 bits per heavy atom. The molecule has 20 heavy (non-hydrogen) atoms. The average Bonchev–Trinajstić information content (AvgIpc) is 2.88. The molecule has 0 fully saturated rings. The second-order valence-corrected chi connectivity index (χ2v) is 5.90. The Balaban J connectivity index is 2.11. The van der Waals surface area contributed by atoms with E-state index in [9.17, 15) is 21.6 Å². The highest BCUT2D eigenvalue weighted by atomic mass is 32.2. The maximum absolute atomic E-state index is 12.3. The van der Waals surface area contributed by atoms with Gasteiger partial charge in [0.05, 0.1) is 17.4 Å². The van der Waals surface area contributed by atoms with Crippen molar-refractivity contribution < 1.29 is 26.0 Å². The highest BCUT2D eigenvalue weighted by molar-refractivity contribution is 7.92. The molecule has 108 valence electrons. The summed E-state index contributed by atoms with van der Waals surface area (Å²) in [6.07, 6.45) is 3.02. The van der Waals surface area contributed by atoms with Gasteiger partial charge in [-0.05, 0) is 30.3 Å². The lowest BCUT2D eigenvalue weighted by molar-refractivity contribution is -0.0436. The molecule has 0 saturated heterocycles. The molecule has 0 aliphatic carbocycles. The predicted molar refractivity (Wildman–Crippen MR) is 65.7 cm³/mol. The van der Waals surface area contributed by atoms with E-state index in [2.05, 4.69) is 5.32 Å². The third-order valence-electron chi connectivity index (χ3n) is 2.55. The van der Waals surface area contributed by atoms with Crippen LogP contribution >= 0.6 is 0 Å². The summed E-state index contributed by atoms with van der Waals surface area (Å²) in [6.45, 7) is 0.419. The van der Waals surface area contributed by atoms with Gasteiger partial charge in [0, 0.05) is 17.8 Å². The van der Waals surface area contributed by atoms with Gasteiger partial charge in [0.1, 0.15) is 0 Å². The van der Waals surface area contributed by atoms with Crippen LogP contribution in [-0.2, 0) is 16.4 Å². The predicted octanol–water partition coefficient (Wildman–Crippen LogP) is 3.19. The molecule has 0 atom stereocenters. The van der Waals surface area contributed by atoms with Crippen molar-refractivity contribution in [3.8, 4) is 0 Å². The summed E-state index contributed by atoms with van der Waals surface area (Å²) >= 11 is 0. The van der Waals surface area contributed by atoms with Crippen LogP contribution < -0.4 is 5.32 Å². The molecular weight excluding hydrogens is 295 g/mol. The smallest absolute Gasteiger partial charge is 0.472 e. The molecule has 8 heteroatoms. The third kappa shape index (κ3) is 2.96. The van der Waals surface area contributed by atoms with Crippen LogP contribution in [0.5, 0.6) is 0 Å². The topological polar surface area (TPSA) is 59.3 Å². The van der Waals surface area contributed by atoms with Crippen LogP contribution in [0.3, 0.4) is 0 Å². The van der Waals surface area contributed by atoms with E-state index in [-0.39, 0.29) is 0 Å². The van der Waals surface area contributed by atoms with Gasteiger partial charge in [-0.25, -0.2) is 8.42 Å². The van der Waals surface area contributed by atoms with E-state index in [0.717, 1.165) is 17.7 Å². The van der Waals surface area contributed by atoms with Crippen molar-refractivity contribution in [1.82, 2.24) is 0 Å². The van der Waals surface area contributed by atoms with Crippen molar-refractivity contribution in [2.75, 3.05) is 5.32 Å². The Bertz CT molecular complexity index is 661. The maximum atomic E-state index is 12.3. The zero-order chi connectivity index (χ0) is 14.8. The minimum absolute atomic E-state index is 0.419. The SMILES string of the molecule is O=S(=O)(c1ccc(NCc2ccoc2)cc1)C(F)(F)F. The van der Waals surface area contributed by atoms with E-state index < -0.39 is 20.2 Å². The average molecular weight is 305 g/mol. The first-order valence-electron chi connectivity index (χ1n) is 5.47. The lowest BCUT2D eigenvalue weighted by atomic mass is 10.3. The highest BCUT2D eigenvalue weighted by Crippen LogP contribution is 2.30. The van der Waals surface area contributed by atoms with E-state index in [0.29, 0.717) is 12.2 Å². The molecule has 0 saturated carbocycles. The van der Waals surface area contributed by atoms with Gasteiger partial charge >= 0.3 is 5.51 Å². The van der Waals surface area contributed by atoms with Gasteiger partial charge in [0.25, 0.3) is 9.84 Å². The summed E-state index contributed by atoms with van der Waals surface area (Å²) in [5.74, 6) is 0. The Morgan fingerprint density at radius 1 is 1.10 bits per heavy atom. The van der Waals surface area contributed by atoms with Crippen LogP contribution in [0.25, 0.3) is 0 Å². The van der Waals surface area contributed by atoms with Crippen LogP contribution in [0.4, 0.5) is 18.9 Å². The Labute approximate surface area is 113 Å². The van der Waals surface area contributed by atoms with Crippen LogP contribution in [0.2, 0.25) is 0 Å². The van der Waals surface area contributed by atoms with Gasteiger partial charge in [0.15, 0.2) is 0 Å². The number of furan rings is 1. The molecule has 0 bridgehead atoms. The number of alkyl halides is 3. The highest BCUT2D eigenvalue weighted by Gasteiger charge is 2.46. The molecule has 0 aliphatic rings. The quantitative estimate of drug-likeness (QED) is 0.942. The number of anilines is 1. The van der Waals surface area contributed by atoms with E-state index in [1.807, 2.05) is 0 Å². The molecule has 1 heterocycles. The minimum atomic E-state index is -5.29. The second kappa shape index (κ2) is 5.20. The molecule has 0 unspecified atom stereocenters. The van der Waals surface area contributed by atoms with Crippen LogP contribution in [-0.4, -0.2) is 13.9 Å². The van der Waals surface area contributed by atoms with Gasteiger partial charge in [-0.2, -0.15) is 13.2 Å². The van der Waals surface area contributed by atoms with Gasteiger partial charge < -0.3 is 9.73 Å². The summed E-state index contributed by atoms with van der Waals surface area (Å²) in [5, 5.41) is 2.93. The van der Waals surface area contributed by atoms with Gasteiger partial charge in [-0.1, -0.05) is 0 Å². The number of hydrogen-bond donors (Lipinski definition) is 1. The monoisotopic (exact) mass is 305 g/mol. The number of sulfone groups is 1. The normalized spacial score (nSPS) is 12.3. The molecular formula is C12H10F3NO3S. The first kappa shape index (κ1) is 14.4. The fourth-order valence-electron chi connectivity index (χ4n) is 1.48. The first-order valence-corrected chi connectivity index (χ1v) is 6.95. The zero-order valence-electron chi connectivity index (χ0n) is 10.0. The zero-order valence-corrected chi connectivity index (χ0v) is 10.8. The van der Waals surface area contributed by atoms with E-state index in [1.165, 1.54) is 24.7 Å². The van der Waals surface area contributed by atoms with Crippen molar-refractivity contribution in [2.24, 2.45) is 0 Å². The largest absolute Gasteiger partial charge is 0.501 e. The first-order chi connectivity index (χ1) is 9.30. The van der Waals surface area contributed by atoms with Crippen molar-refractivity contribution in [2.45, 2.75) is 16.9 Å². The van der Waals surface area contributed by atoms with Crippen molar-refractivity contribution in [3.63, 3.8) is 0 Å². The summed E-state index contributed by atoms with van der Waals surface area (Å²) in [5.41, 5.74) is -3.93. The Morgan fingerprint density at radius 3 is 2.25 bits per heavy atom. The molecule has 0 radical (unpaired) electrons. The summed E-state index contributed by atoms with van der Waals surface area (Å²) < 4.78 is 64.2. The van der Waals surface area contributed by atoms with E-state index in [1.54, 1.807) is 6.07 Å². The van der Waals surface area contributed by atoms with Crippen molar-refractivity contribution in [1.29, 1.82) is 0 Å². The molecule has 4 nitrogen and oxygen atoms in total. The minimum Gasteiger partial charge on any atom is -0.472 e. The molecule has 1 aromatic heterocycles. The van der Waals surface area contributed by atoms with Gasteiger partial charge in [0.2, 0.25) is 0 Å². The molecule has 0 amide bonds. The molecule has 0 spiro atoms. The fourth-order valence-corrected chi connectivity index (χ4v) is 2.24. The summed E-state index contributed by atoms with van der Waals surface area (Å²) in [4.78, 5) is -0.779. The number of halogens is 3. The Hall–Kier alpha value is -1.96. The number of hydrogen-bond acceptors (Lipinski definition) is 4. The summed E-state index contributed by atoms with van der Waals surface area (Å²) in [6, 6.07) is 6.12. The molecule has 1 aromatic carbocycles. The Kier molecular flexibility index (Phi) is 3.76. The fraction of sp³-hybridized carbons (Fsp3) is 0.167. The van der Waals surface area contributed by atoms with Crippen molar-refractivity contribution in [3.05, 3.63) is 48.4 Å². The van der Waals surface area contributed by atoms with Gasteiger partial charge in [-0.15, -0.1) is 0 Å². The van der Waals surface area contributed by atoms with Crippen LogP contribution in [0, 0.1) is 0 Å². The lowest BCUT2D eigenvalue weighted by Crippen LogP contribution is -2.23. The molecule has 2 rings (SSSR count). The maximum Gasteiger partial charge on any atom is 0.501 e. The molecule has 2 aromatic rings. The number of rotatable bonds is 4. The van der Waals surface area contributed by atoms with Crippen LogP contribution in [0.15, 0.2) is 52.2 Å². The molecule has 0 aliphatic heterocycles. The van der Waals surface area contributed by atoms with Crippen LogP contribution in [0.1, 0.15) is 5.56 Å². The number of benzene rings is 1. The third-order valence-corrected chi connectivity index (χ3v) is 4.05. The van der Waals surface area contributed by atoms with E-state index >= 15 is 0 Å². The lowest BCUT2D eigenvalue weighted by Gasteiger charge is -2.09. The van der Waals surface area contributed by atoms with E-state index in [4.69, 9.17) is 4.42 Å². The second-order valence-electron chi connectivity index (χ2n) is 3.96.